The lowest BCUT2D eigenvalue weighted by atomic mass is 10.1. The van der Waals surface area contributed by atoms with E-state index in [4.69, 9.17) is 25.6 Å². The molecule has 0 fully saturated rings. The van der Waals surface area contributed by atoms with Gasteiger partial charge in [0.05, 0.1) is 0 Å². The van der Waals surface area contributed by atoms with Gasteiger partial charge in [-0.25, -0.2) is 0 Å². The smallest absolute Gasteiger partial charge is 0.415 e. The molecule has 0 radical (unpaired) electrons. The first-order valence-electron chi connectivity index (χ1n) is 22.5. The summed E-state index contributed by atoms with van der Waals surface area (Å²) in [4.78, 5) is 0. The fourth-order valence-corrected chi connectivity index (χ4v) is 43.8. The van der Waals surface area contributed by atoms with Crippen LogP contribution in [0, 0.1) is 0 Å². The summed E-state index contributed by atoms with van der Waals surface area (Å²) in [6.45, 7) is 51.9. The second-order valence-electron chi connectivity index (χ2n) is 18.9. The van der Waals surface area contributed by atoms with Crippen LogP contribution in [0.5, 0.6) is 0 Å². The van der Waals surface area contributed by atoms with E-state index in [1.165, 1.54) is 32.1 Å². The fraction of sp³-hybridized carbons (Fsp3) is 1.00. The Morgan fingerprint density at radius 1 is 0.283 bits per heavy atom. The second kappa shape index (κ2) is 24.7. The third-order valence-corrected chi connectivity index (χ3v) is 41.0. The van der Waals surface area contributed by atoms with Gasteiger partial charge in [0, 0.05) is 31.9 Å². The zero-order valence-corrected chi connectivity index (χ0v) is 44.6. The lowest BCUT2D eigenvalue weighted by molar-refractivity contribution is 0.0706. The highest BCUT2D eigenvalue weighted by Crippen LogP contribution is 2.53. The Balaban J connectivity index is 6.89. The number of rotatable bonds is 31. The maximum atomic E-state index is 8.24. The van der Waals surface area contributed by atoms with Gasteiger partial charge in [-0.1, -0.05) is 157 Å². The Kier molecular flexibility index (Phi) is 25.1. The van der Waals surface area contributed by atoms with Crippen LogP contribution in [-0.4, -0.2) is 62.4 Å². The molecule has 0 amide bonds. The molecule has 0 N–H and O–H groups in total. The Morgan fingerprint density at radius 2 is 0.472 bits per heavy atom. The van der Waals surface area contributed by atoms with E-state index in [-0.39, 0.29) is 0 Å². The van der Waals surface area contributed by atoms with E-state index in [0.717, 1.165) is 24.9 Å². The molecule has 0 atom stereocenters. The van der Waals surface area contributed by atoms with Crippen LogP contribution in [0.1, 0.15) is 190 Å². The van der Waals surface area contributed by atoms with Gasteiger partial charge in [-0.05, 0) is 83.5 Å². The molecule has 6 nitrogen and oxygen atoms in total. The molecule has 0 saturated heterocycles. The van der Waals surface area contributed by atoms with Crippen molar-refractivity contribution in [3.8, 4) is 0 Å². The van der Waals surface area contributed by atoms with Gasteiger partial charge in [-0.2, -0.15) is 0 Å². The maximum absolute atomic E-state index is 8.24. The van der Waals surface area contributed by atoms with E-state index in [9.17, 15) is 0 Å². The number of unbranched alkanes of at least 4 members (excludes halogenated alkanes) is 6. The van der Waals surface area contributed by atoms with E-state index in [1.807, 2.05) is 20.8 Å². The van der Waals surface area contributed by atoms with E-state index in [1.54, 1.807) is 0 Å². The van der Waals surface area contributed by atoms with Gasteiger partial charge in [0.2, 0.25) is 0 Å². The van der Waals surface area contributed by atoms with Gasteiger partial charge < -0.3 is 25.6 Å². The van der Waals surface area contributed by atoms with Crippen molar-refractivity contribution in [2.24, 2.45) is 0 Å². The van der Waals surface area contributed by atoms with E-state index >= 15 is 0 Å². The van der Waals surface area contributed by atoms with Crippen molar-refractivity contribution in [3.05, 3.63) is 0 Å². The van der Waals surface area contributed by atoms with Crippen LogP contribution in [0.15, 0.2) is 0 Å². The molecule has 320 valence electrons. The summed E-state index contributed by atoms with van der Waals surface area (Å²) >= 11 is 0. The summed E-state index contributed by atoms with van der Waals surface area (Å²) in [6.07, 6.45) is 8.31. The molecule has 11 heteroatoms. The quantitative estimate of drug-likeness (QED) is 0.0512. The molecule has 0 saturated carbocycles. The lowest BCUT2D eigenvalue weighted by Gasteiger charge is -2.56. The predicted octanol–water partition coefficient (Wildman–Crippen LogP) is 15.3. The summed E-state index contributed by atoms with van der Waals surface area (Å²) in [6, 6.07) is 1.86. The van der Waals surface area contributed by atoms with Crippen LogP contribution in [0.4, 0.5) is 0 Å². The molecule has 0 aliphatic rings. The average Bonchev–Trinajstić information content (AvgIpc) is 3.03. The molecule has 0 aromatic rings. The SMILES string of the molecule is CCO[Si](CCCCCCCCC[Si](O[Si](C(C)C)(C(C)C)C(C)C)(O[Si](C(C)C)(C(C)C)C(C)C)O[Si](C(C)C)(C(C)C)C(C)C)(OCC)OCC. The lowest BCUT2D eigenvalue weighted by Crippen LogP contribution is -2.69. The van der Waals surface area contributed by atoms with Gasteiger partial charge in [0.1, 0.15) is 0 Å². The van der Waals surface area contributed by atoms with Gasteiger partial charge >= 0.3 is 17.6 Å². The largest absolute Gasteiger partial charge is 0.500 e. The van der Waals surface area contributed by atoms with Crippen LogP contribution in [0.2, 0.25) is 62.0 Å². The Hall–Kier alpha value is 0.844. The monoisotopic (exact) mass is 837 g/mol. The van der Waals surface area contributed by atoms with Gasteiger partial charge in [0.15, 0.2) is 25.0 Å². The molecule has 0 heterocycles. The standard InChI is InChI=1S/C42H96O6Si5/c1-22-43-49(44-23-2,45-24-3)32-30-28-26-25-27-29-31-33-50(46-51(34(4)5,35(6)7)36(8)9,47-52(37(10)11,38(12)13)39(14)15)48-53(40(16)17,41(18)19)42(20)21/h34-42H,22-33H2,1-21H3. The van der Waals surface area contributed by atoms with E-state index in [0.29, 0.717) is 69.7 Å². The molecule has 0 aliphatic carbocycles. The van der Waals surface area contributed by atoms with Crippen molar-refractivity contribution < 1.29 is 25.6 Å². The average molecular weight is 838 g/mol. The molecule has 53 heavy (non-hydrogen) atoms. The first-order chi connectivity index (χ1) is 24.5. The van der Waals surface area contributed by atoms with Gasteiger partial charge in [-0.15, -0.1) is 0 Å². The third-order valence-electron chi connectivity index (χ3n) is 12.7. The van der Waals surface area contributed by atoms with Gasteiger partial charge in [-0.3, -0.25) is 0 Å². The van der Waals surface area contributed by atoms with E-state index < -0.39 is 42.6 Å². The van der Waals surface area contributed by atoms with Crippen molar-refractivity contribution in [1.82, 2.24) is 0 Å². The van der Waals surface area contributed by atoms with Crippen molar-refractivity contribution >= 4 is 42.6 Å². The first-order valence-corrected chi connectivity index (χ1v) is 32.8. The number of hydrogen-bond donors (Lipinski definition) is 0. The summed E-state index contributed by atoms with van der Waals surface area (Å²) in [5.41, 5.74) is 4.23. The van der Waals surface area contributed by atoms with Crippen LogP contribution in [-0.2, 0) is 25.6 Å². The van der Waals surface area contributed by atoms with Crippen molar-refractivity contribution in [2.45, 2.75) is 252 Å². The van der Waals surface area contributed by atoms with Crippen molar-refractivity contribution in [3.63, 3.8) is 0 Å². The molecule has 0 spiro atoms. The van der Waals surface area contributed by atoms with Crippen LogP contribution in [0.3, 0.4) is 0 Å². The molecule has 0 unspecified atom stereocenters. The number of hydrogen-bond acceptors (Lipinski definition) is 6. The molecule has 0 rings (SSSR count). The van der Waals surface area contributed by atoms with Crippen molar-refractivity contribution in [2.75, 3.05) is 19.8 Å². The highest BCUT2D eigenvalue weighted by molar-refractivity contribution is 6.94. The Bertz CT molecular complexity index is 790. The minimum Gasteiger partial charge on any atom is -0.415 e. The van der Waals surface area contributed by atoms with Crippen LogP contribution < -0.4 is 0 Å². The predicted molar refractivity (Wildman–Crippen MR) is 245 cm³/mol. The third kappa shape index (κ3) is 14.0. The molecule has 0 aromatic heterocycles. The minimum atomic E-state index is -3.24. The highest BCUT2D eigenvalue weighted by atomic mass is 28.5. The molecular weight excluding hydrogens is 741 g/mol. The summed E-state index contributed by atoms with van der Waals surface area (Å²) < 4.78 is 43.1. The summed E-state index contributed by atoms with van der Waals surface area (Å²) in [7, 11) is -12.9. The van der Waals surface area contributed by atoms with E-state index in [2.05, 4.69) is 125 Å². The second-order valence-corrected chi connectivity index (χ2v) is 41.5. The molecule has 0 aliphatic heterocycles. The van der Waals surface area contributed by atoms with Crippen LogP contribution in [0.25, 0.3) is 0 Å². The Labute approximate surface area is 338 Å². The fourth-order valence-electron chi connectivity index (χ4n) is 10.7. The highest BCUT2D eigenvalue weighted by Gasteiger charge is 2.63. The normalized spacial score (nSPS) is 14.4. The molecular formula is C42H96O6Si5. The topological polar surface area (TPSA) is 55.4 Å². The molecule has 0 aromatic carbocycles. The zero-order valence-electron chi connectivity index (χ0n) is 39.6. The summed E-state index contributed by atoms with van der Waals surface area (Å²) in [5, 5.41) is 0. The summed E-state index contributed by atoms with van der Waals surface area (Å²) in [5.74, 6) is 0. The zero-order chi connectivity index (χ0) is 41.4. The first kappa shape index (κ1) is 53.8. The van der Waals surface area contributed by atoms with Crippen LogP contribution >= 0.6 is 0 Å². The molecule has 0 bridgehead atoms. The minimum absolute atomic E-state index is 0.470. The Morgan fingerprint density at radius 3 is 0.660 bits per heavy atom. The van der Waals surface area contributed by atoms with Crippen molar-refractivity contribution in [1.29, 1.82) is 0 Å². The maximum Gasteiger partial charge on any atom is 0.500 e. The van der Waals surface area contributed by atoms with Gasteiger partial charge in [0.25, 0.3) is 0 Å².